The van der Waals surface area contributed by atoms with Gasteiger partial charge in [-0.25, -0.2) is 9.59 Å². The average molecular weight is 319 g/mol. The van der Waals surface area contributed by atoms with Gasteiger partial charge < -0.3 is 20.7 Å². The Bertz CT molecular complexity index is 585. The highest BCUT2D eigenvalue weighted by molar-refractivity contribution is 5.93. The number of nitrogens with zero attached hydrogens (tertiary/aromatic N) is 1. The van der Waals surface area contributed by atoms with Crippen molar-refractivity contribution in [2.24, 2.45) is 5.73 Å². The summed E-state index contributed by atoms with van der Waals surface area (Å²) in [7, 11) is 0. The fourth-order valence-corrected chi connectivity index (χ4v) is 2.59. The number of amides is 3. The van der Waals surface area contributed by atoms with Gasteiger partial charge in [0.2, 0.25) is 0 Å². The number of likely N-dealkylation sites (tertiary alicyclic amines) is 1. The Morgan fingerprint density at radius 2 is 1.96 bits per heavy atom. The summed E-state index contributed by atoms with van der Waals surface area (Å²) in [6.45, 7) is 2.46. The Kier molecular flexibility index (Phi) is 5.56. The van der Waals surface area contributed by atoms with Crippen molar-refractivity contribution in [1.82, 2.24) is 4.90 Å². The first kappa shape index (κ1) is 16.8. The third kappa shape index (κ3) is 4.70. The SMILES string of the molecule is C[C@H]1CCCCN1C(=O)COC(=O)c1ccc(NC(N)=O)cc1. The van der Waals surface area contributed by atoms with Gasteiger partial charge >= 0.3 is 12.0 Å². The van der Waals surface area contributed by atoms with Crippen LogP contribution in [0.1, 0.15) is 36.5 Å². The summed E-state index contributed by atoms with van der Waals surface area (Å²) in [5.74, 6) is -0.744. The predicted octanol–water partition coefficient (Wildman–Crippen LogP) is 1.73. The van der Waals surface area contributed by atoms with Gasteiger partial charge in [0.05, 0.1) is 5.56 Å². The number of ether oxygens (including phenoxy) is 1. The topological polar surface area (TPSA) is 102 Å². The number of esters is 1. The first-order valence-electron chi connectivity index (χ1n) is 7.60. The van der Waals surface area contributed by atoms with Gasteiger partial charge in [0.25, 0.3) is 5.91 Å². The summed E-state index contributed by atoms with van der Waals surface area (Å²) in [6, 6.07) is 5.59. The van der Waals surface area contributed by atoms with Gasteiger partial charge in [0.1, 0.15) is 0 Å². The molecule has 124 valence electrons. The Morgan fingerprint density at radius 1 is 1.26 bits per heavy atom. The molecule has 0 aliphatic carbocycles. The molecule has 1 saturated heterocycles. The minimum atomic E-state index is -0.679. The molecule has 0 spiro atoms. The smallest absolute Gasteiger partial charge is 0.338 e. The van der Waals surface area contributed by atoms with Crippen molar-refractivity contribution in [2.45, 2.75) is 32.2 Å². The van der Waals surface area contributed by atoms with E-state index in [2.05, 4.69) is 5.32 Å². The maximum absolute atomic E-state index is 12.1. The Morgan fingerprint density at radius 3 is 2.57 bits per heavy atom. The highest BCUT2D eigenvalue weighted by Crippen LogP contribution is 2.16. The molecule has 1 aromatic rings. The first-order chi connectivity index (χ1) is 11.0. The molecule has 1 aliphatic rings. The number of carbonyl (C=O) groups excluding carboxylic acids is 3. The molecule has 1 aromatic carbocycles. The van der Waals surface area contributed by atoms with E-state index in [1.807, 2.05) is 6.92 Å². The highest BCUT2D eigenvalue weighted by Gasteiger charge is 2.24. The number of nitrogens with two attached hydrogens (primary N) is 1. The molecule has 7 heteroatoms. The van der Waals surface area contributed by atoms with E-state index in [4.69, 9.17) is 10.5 Å². The lowest BCUT2D eigenvalue weighted by atomic mass is 10.0. The molecule has 0 aromatic heterocycles. The molecule has 1 heterocycles. The monoisotopic (exact) mass is 319 g/mol. The van der Waals surface area contributed by atoms with Crippen LogP contribution in [0.25, 0.3) is 0 Å². The van der Waals surface area contributed by atoms with Gasteiger partial charge in [-0.05, 0) is 50.5 Å². The molecule has 0 radical (unpaired) electrons. The maximum Gasteiger partial charge on any atom is 0.338 e. The number of hydrogen-bond acceptors (Lipinski definition) is 4. The zero-order chi connectivity index (χ0) is 16.8. The largest absolute Gasteiger partial charge is 0.452 e. The first-order valence-corrected chi connectivity index (χ1v) is 7.60. The van der Waals surface area contributed by atoms with E-state index < -0.39 is 12.0 Å². The van der Waals surface area contributed by atoms with Crippen molar-refractivity contribution >= 4 is 23.6 Å². The van der Waals surface area contributed by atoms with E-state index in [0.717, 1.165) is 19.3 Å². The molecular weight excluding hydrogens is 298 g/mol. The number of carbonyl (C=O) groups is 3. The van der Waals surface area contributed by atoms with E-state index in [0.29, 0.717) is 17.8 Å². The van der Waals surface area contributed by atoms with Crippen LogP contribution >= 0.6 is 0 Å². The average Bonchev–Trinajstić information content (AvgIpc) is 2.53. The maximum atomic E-state index is 12.1. The van der Waals surface area contributed by atoms with E-state index in [9.17, 15) is 14.4 Å². The molecular formula is C16H21N3O4. The quantitative estimate of drug-likeness (QED) is 0.825. The number of hydrogen-bond donors (Lipinski definition) is 2. The van der Waals surface area contributed by atoms with Crippen LogP contribution in [0.15, 0.2) is 24.3 Å². The van der Waals surface area contributed by atoms with Crippen molar-refractivity contribution in [3.8, 4) is 0 Å². The third-order valence-electron chi connectivity index (χ3n) is 3.84. The normalized spacial score (nSPS) is 17.4. The van der Waals surface area contributed by atoms with Crippen LogP contribution in [0, 0.1) is 0 Å². The Hall–Kier alpha value is -2.57. The summed E-state index contributed by atoms with van der Waals surface area (Å²) in [6.07, 6.45) is 3.09. The number of urea groups is 1. The fraction of sp³-hybridized carbons (Fsp3) is 0.438. The summed E-state index contributed by atoms with van der Waals surface area (Å²) >= 11 is 0. The van der Waals surface area contributed by atoms with Gasteiger partial charge in [0, 0.05) is 18.3 Å². The van der Waals surface area contributed by atoms with Gasteiger partial charge in [-0.15, -0.1) is 0 Å². The molecule has 1 atom stereocenters. The van der Waals surface area contributed by atoms with Gasteiger partial charge in [-0.3, -0.25) is 4.79 Å². The van der Waals surface area contributed by atoms with Gasteiger partial charge in [-0.2, -0.15) is 0 Å². The van der Waals surface area contributed by atoms with Crippen LogP contribution in [-0.4, -0.2) is 42.0 Å². The number of nitrogens with one attached hydrogen (secondary N) is 1. The summed E-state index contributed by atoms with van der Waals surface area (Å²) < 4.78 is 5.07. The van der Waals surface area contributed by atoms with E-state index >= 15 is 0 Å². The number of rotatable bonds is 4. The third-order valence-corrected chi connectivity index (χ3v) is 3.84. The highest BCUT2D eigenvalue weighted by atomic mass is 16.5. The van der Waals surface area contributed by atoms with Crippen molar-refractivity contribution < 1.29 is 19.1 Å². The van der Waals surface area contributed by atoms with Crippen molar-refractivity contribution in [2.75, 3.05) is 18.5 Å². The fourth-order valence-electron chi connectivity index (χ4n) is 2.59. The second kappa shape index (κ2) is 7.62. The molecule has 1 fully saturated rings. The second-order valence-corrected chi connectivity index (χ2v) is 5.57. The molecule has 23 heavy (non-hydrogen) atoms. The van der Waals surface area contributed by atoms with Crippen LogP contribution in [0.2, 0.25) is 0 Å². The number of benzene rings is 1. The van der Waals surface area contributed by atoms with Crippen LogP contribution in [-0.2, 0) is 9.53 Å². The molecule has 3 N–H and O–H groups in total. The predicted molar refractivity (Wildman–Crippen MR) is 85.0 cm³/mol. The van der Waals surface area contributed by atoms with Gasteiger partial charge in [-0.1, -0.05) is 0 Å². The Labute approximate surface area is 134 Å². The van der Waals surface area contributed by atoms with Crippen LogP contribution < -0.4 is 11.1 Å². The molecule has 0 bridgehead atoms. The van der Waals surface area contributed by atoms with Crippen molar-refractivity contribution in [3.05, 3.63) is 29.8 Å². The van der Waals surface area contributed by atoms with E-state index in [1.54, 1.807) is 4.90 Å². The number of anilines is 1. The summed E-state index contributed by atoms with van der Waals surface area (Å²) in [5, 5.41) is 2.39. The molecule has 3 amide bonds. The molecule has 0 unspecified atom stereocenters. The summed E-state index contributed by atoms with van der Waals surface area (Å²) in [5.41, 5.74) is 5.79. The minimum absolute atomic E-state index is 0.169. The lowest BCUT2D eigenvalue weighted by Crippen LogP contribution is -2.44. The van der Waals surface area contributed by atoms with Crippen LogP contribution in [0.4, 0.5) is 10.5 Å². The lowest BCUT2D eigenvalue weighted by Gasteiger charge is -2.33. The molecule has 2 rings (SSSR count). The zero-order valence-corrected chi connectivity index (χ0v) is 13.1. The van der Waals surface area contributed by atoms with E-state index in [-0.39, 0.29) is 18.6 Å². The lowest BCUT2D eigenvalue weighted by molar-refractivity contribution is -0.137. The van der Waals surface area contributed by atoms with Crippen molar-refractivity contribution in [1.29, 1.82) is 0 Å². The standard InChI is InChI=1S/C16H21N3O4/c1-11-4-2-3-9-19(11)14(20)10-23-15(21)12-5-7-13(8-6-12)18-16(17)22/h5-8,11H,2-4,9-10H2,1H3,(H3,17,18,22)/t11-/m0/s1. The zero-order valence-electron chi connectivity index (χ0n) is 13.1. The molecule has 7 nitrogen and oxygen atoms in total. The van der Waals surface area contributed by atoms with Gasteiger partial charge in [0.15, 0.2) is 6.61 Å². The van der Waals surface area contributed by atoms with Crippen LogP contribution in [0.5, 0.6) is 0 Å². The van der Waals surface area contributed by atoms with Crippen LogP contribution in [0.3, 0.4) is 0 Å². The molecule has 1 aliphatic heterocycles. The molecule has 0 saturated carbocycles. The van der Waals surface area contributed by atoms with E-state index in [1.165, 1.54) is 24.3 Å². The number of primary amides is 1. The number of piperidine rings is 1. The summed E-state index contributed by atoms with van der Waals surface area (Å²) in [4.78, 5) is 36.5. The van der Waals surface area contributed by atoms with Crippen molar-refractivity contribution in [3.63, 3.8) is 0 Å². The Balaban J connectivity index is 1.86. The second-order valence-electron chi connectivity index (χ2n) is 5.57. The minimum Gasteiger partial charge on any atom is -0.452 e.